The third-order valence-electron chi connectivity index (χ3n) is 4.69. The van der Waals surface area contributed by atoms with E-state index in [1.807, 2.05) is 50.2 Å². The Labute approximate surface area is 158 Å². The van der Waals surface area contributed by atoms with Gasteiger partial charge < -0.3 is 19.4 Å². The summed E-state index contributed by atoms with van der Waals surface area (Å²) in [5.41, 5.74) is 4.32. The van der Waals surface area contributed by atoms with Gasteiger partial charge in [0.25, 0.3) is 5.91 Å². The Balaban J connectivity index is 1.83. The highest BCUT2D eigenvalue weighted by molar-refractivity contribution is 6.06. The number of ether oxygens (including phenoxy) is 2. The molecular formula is C21H23N3O3. The van der Waals surface area contributed by atoms with Gasteiger partial charge in [-0.1, -0.05) is 24.3 Å². The molecule has 0 radical (unpaired) electrons. The molecule has 0 atom stereocenters. The fourth-order valence-electron chi connectivity index (χ4n) is 3.55. The number of amides is 1. The van der Waals surface area contributed by atoms with Crippen LogP contribution in [-0.2, 0) is 16.0 Å². The van der Waals surface area contributed by atoms with Gasteiger partial charge in [0.2, 0.25) is 0 Å². The van der Waals surface area contributed by atoms with Crippen LogP contribution in [0.1, 0.15) is 36.1 Å². The summed E-state index contributed by atoms with van der Waals surface area (Å²) in [6.07, 6.45) is -0.396. The molecular weight excluding hydrogens is 342 g/mol. The Kier molecular flexibility index (Phi) is 4.92. The third-order valence-corrected chi connectivity index (χ3v) is 4.69. The first-order valence-corrected chi connectivity index (χ1v) is 9.34. The number of nitrogens with zero attached hydrogens (tertiary/aromatic N) is 2. The van der Waals surface area contributed by atoms with E-state index >= 15 is 0 Å². The average Bonchev–Trinajstić information content (AvgIpc) is 2.97. The molecule has 1 aliphatic heterocycles. The fraction of sp³-hybridized carbons (Fsp3) is 0.333. The first-order chi connectivity index (χ1) is 13.2. The molecule has 2 heterocycles. The zero-order valence-corrected chi connectivity index (χ0v) is 15.6. The van der Waals surface area contributed by atoms with Crippen molar-refractivity contribution in [3.05, 3.63) is 53.6 Å². The van der Waals surface area contributed by atoms with E-state index < -0.39 is 6.29 Å². The minimum Gasteiger partial charge on any atom is -0.350 e. The number of carbonyl (C=O) groups is 1. The summed E-state index contributed by atoms with van der Waals surface area (Å²) in [4.78, 5) is 17.2. The predicted molar refractivity (Wildman–Crippen MR) is 103 cm³/mol. The molecule has 27 heavy (non-hydrogen) atoms. The van der Waals surface area contributed by atoms with E-state index in [-0.39, 0.29) is 5.91 Å². The van der Waals surface area contributed by atoms with Crippen molar-refractivity contribution in [2.45, 2.75) is 26.7 Å². The highest BCUT2D eigenvalue weighted by atomic mass is 16.7. The Morgan fingerprint density at radius 2 is 1.93 bits per heavy atom. The summed E-state index contributed by atoms with van der Waals surface area (Å²) in [6.45, 7) is 6.31. The summed E-state index contributed by atoms with van der Waals surface area (Å²) in [6, 6.07) is 13.8. The van der Waals surface area contributed by atoms with Gasteiger partial charge in [0.05, 0.1) is 16.6 Å². The van der Waals surface area contributed by atoms with Crippen molar-refractivity contribution in [3.63, 3.8) is 0 Å². The van der Waals surface area contributed by atoms with Crippen LogP contribution in [0, 0.1) is 0 Å². The average molecular weight is 365 g/mol. The van der Waals surface area contributed by atoms with Crippen molar-refractivity contribution < 1.29 is 14.3 Å². The number of rotatable bonds is 6. The van der Waals surface area contributed by atoms with E-state index in [1.54, 1.807) is 0 Å². The molecule has 0 spiro atoms. The summed E-state index contributed by atoms with van der Waals surface area (Å²) in [7, 11) is 0. The molecule has 6 nitrogen and oxygen atoms in total. The maximum Gasteiger partial charge on any atom is 0.253 e. The highest BCUT2D eigenvalue weighted by Crippen LogP contribution is 2.30. The lowest BCUT2D eigenvalue weighted by Gasteiger charge is -2.18. The molecule has 2 aromatic carbocycles. The number of imidazole rings is 1. The number of hydrogen-bond donors (Lipinski definition) is 1. The maximum absolute atomic E-state index is 12.3. The van der Waals surface area contributed by atoms with Crippen LogP contribution < -0.4 is 5.32 Å². The molecule has 4 rings (SSSR count). The van der Waals surface area contributed by atoms with Gasteiger partial charge in [0.15, 0.2) is 6.29 Å². The van der Waals surface area contributed by atoms with Crippen LogP contribution in [0.3, 0.4) is 0 Å². The standard InChI is InChI=1S/C21H23N3O3/c1-3-26-21(27-4-2)15-8-5-7-14(13-15)19-23-17-10-6-9-16-18(17)24(19)12-11-22-20(16)25/h5-10,13,21H,3-4,11-12H2,1-2H3,(H,22,25). The van der Waals surface area contributed by atoms with Crippen molar-refractivity contribution in [1.29, 1.82) is 0 Å². The number of hydrogen-bond acceptors (Lipinski definition) is 4. The first kappa shape index (κ1) is 17.7. The molecule has 140 valence electrons. The fourth-order valence-corrected chi connectivity index (χ4v) is 3.55. The summed E-state index contributed by atoms with van der Waals surface area (Å²) >= 11 is 0. The summed E-state index contributed by atoms with van der Waals surface area (Å²) < 4.78 is 13.6. The Hall–Kier alpha value is -2.70. The lowest BCUT2D eigenvalue weighted by Crippen LogP contribution is -2.24. The zero-order valence-electron chi connectivity index (χ0n) is 15.6. The monoisotopic (exact) mass is 365 g/mol. The van der Waals surface area contributed by atoms with Crippen molar-refractivity contribution in [1.82, 2.24) is 14.9 Å². The predicted octanol–water partition coefficient (Wildman–Crippen LogP) is 3.52. The van der Waals surface area contributed by atoms with E-state index in [1.165, 1.54) is 0 Å². The van der Waals surface area contributed by atoms with Crippen LogP contribution >= 0.6 is 0 Å². The Bertz CT molecular complexity index is 974. The van der Waals surface area contributed by atoms with Crippen LogP contribution in [0.4, 0.5) is 0 Å². The van der Waals surface area contributed by atoms with Crippen molar-refractivity contribution >= 4 is 16.9 Å². The lowest BCUT2D eigenvalue weighted by molar-refractivity contribution is -0.140. The van der Waals surface area contributed by atoms with Gasteiger partial charge in [0.1, 0.15) is 5.82 Å². The summed E-state index contributed by atoms with van der Waals surface area (Å²) in [5, 5.41) is 2.95. The second-order valence-corrected chi connectivity index (χ2v) is 6.38. The molecule has 0 unspecified atom stereocenters. The largest absolute Gasteiger partial charge is 0.350 e. The van der Waals surface area contributed by atoms with Gasteiger partial charge in [-0.15, -0.1) is 0 Å². The molecule has 6 heteroatoms. The maximum atomic E-state index is 12.3. The van der Waals surface area contributed by atoms with Crippen LogP contribution in [0.15, 0.2) is 42.5 Å². The smallest absolute Gasteiger partial charge is 0.253 e. The first-order valence-electron chi connectivity index (χ1n) is 9.34. The number of aromatic nitrogens is 2. The Morgan fingerprint density at radius 3 is 2.70 bits per heavy atom. The number of nitrogens with one attached hydrogen (secondary N) is 1. The van der Waals surface area contributed by atoms with E-state index in [2.05, 4.69) is 16.0 Å². The molecule has 3 aromatic rings. The molecule has 0 saturated carbocycles. The Morgan fingerprint density at radius 1 is 1.15 bits per heavy atom. The molecule has 0 fully saturated rings. The molecule has 0 saturated heterocycles. The molecule has 0 bridgehead atoms. The topological polar surface area (TPSA) is 65.4 Å². The van der Waals surface area contributed by atoms with Gasteiger partial charge in [-0.2, -0.15) is 0 Å². The number of para-hydroxylation sites is 1. The zero-order chi connectivity index (χ0) is 18.8. The van der Waals surface area contributed by atoms with Gasteiger partial charge >= 0.3 is 0 Å². The van der Waals surface area contributed by atoms with Crippen molar-refractivity contribution in [2.75, 3.05) is 19.8 Å². The van der Waals surface area contributed by atoms with Gasteiger partial charge in [-0.3, -0.25) is 4.79 Å². The highest BCUT2D eigenvalue weighted by Gasteiger charge is 2.22. The molecule has 1 aromatic heterocycles. The van der Waals surface area contributed by atoms with E-state index in [0.29, 0.717) is 31.9 Å². The molecule has 1 N–H and O–H groups in total. The number of benzene rings is 2. The molecule has 0 aliphatic carbocycles. The van der Waals surface area contributed by atoms with Crippen molar-refractivity contribution in [2.24, 2.45) is 0 Å². The lowest BCUT2D eigenvalue weighted by atomic mass is 10.1. The van der Waals surface area contributed by atoms with E-state index in [0.717, 1.165) is 28.0 Å². The minimum absolute atomic E-state index is 0.0488. The number of carbonyl (C=O) groups excluding carboxylic acids is 1. The minimum atomic E-state index is -0.396. The normalized spacial score (nSPS) is 13.8. The van der Waals surface area contributed by atoms with Crippen LogP contribution in [-0.4, -0.2) is 35.2 Å². The molecule has 1 aliphatic rings. The van der Waals surface area contributed by atoms with E-state index in [9.17, 15) is 4.79 Å². The van der Waals surface area contributed by atoms with Crippen LogP contribution in [0.5, 0.6) is 0 Å². The van der Waals surface area contributed by atoms with Gasteiger partial charge in [-0.05, 0) is 32.0 Å². The van der Waals surface area contributed by atoms with E-state index in [4.69, 9.17) is 14.5 Å². The van der Waals surface area contributed by atoms with Crippen LogP contribution in [0.2, 0.25) is 0 Å². The second-order valence-electron chi connectivity index (χ2n) is 6.38. The molecule has 1 amide bonds. The third kappa shape index (κ3) is 3.22. The second kappa shape index (κ2) is 7.50. The SMILES string of the molecule is CCOC(OCC)c1cccc(-c2nc3cccc4c3n2CCNC4=O)c1. The van der Waals surface area contributed by atoms with Crippen LogP contribution in [0.25, 0.3) is 22.4 Å². The van der Waals surface area contributed by atoms with Gasteiger partial charge in [0, 0.05) is 37.4 Å². The summed E-state index contributed by atoms with van der Waals surface area (Å²) in [5.74, 6) is 0.801. The van der Waals surface area contributed by atoms with Gasteiger partial charge in [-0.25, -0.2) is 4.98 Å². The quantitative estimate of drug-likeness (QED) is 0.679. The van der Waals surface area contributed by atoms with Crippen molar-refractivity contribution in [3.8, 4) is 11.4 Å².